The fraction of sp³-hybridized carbons (Fsp3) is 0.929. The zero-order valence-corrected chi connectivity index (χ0v) is 11.7. The molecular formula is C14H26N2O2. The lowest BCUT2D eigenvalue weighted by Gasteiger charge is -2.34. The quantitative estimate of drug-likeness (QED) is 0.776. The van der Waals surface area contributed by atoms with E-state index >= 15 is 0 Å². The number of amides is 1. The van der Waals surface area contributed by atoms with E-state index in [1.165, 1.54) is 12.8 Å². The highest BCUT2D eigenvalue weighted by Gasteiger charge is 2.36. The summed E-state index contributed by atoms with van der Waals surface area (Å²) in [6, 6.07) is 0.384. The van der Waals surface area contributed by atoms with Crippen molar-refractivity contribution in [2.24, 2.45) is 11.8 Å². The number of carbonyl (C=O) groups excluding carboxylic acids is 1. The molecule has 0 aromatic heterocycles. The van der Waals surface area contributed by atoms with Crippen LogP contribution in [-0.4, -0.2) is 50.2 Å². The lowest BCUT2D eigenvalue weighted by molar-refractivity contribution is -0.139. The SMILES string of the molecule is COCCN(C(=O)[C@@H]1CCCNC1)C(C)C1CC1. The first-order valence-electron chi connectivity index (χ1n) is 7.24. The molecule has 1 saturated carbocycles. The minimum absolute atomic E-state index is 0.178. The van der Waals surface area contributed by atoms with Crippen LogP contribution < -0.4 is 5.32 Å². The van der Waals surface area contributed by atoms with Crippen molar-refractivity contribution in [3.05, 3.63) is 0 Å². The van der Waals surface area contributed by atoms with E-state index in [9.17, 15) is 4.79 Å². The Morgan fingerprint density at radius 3 is 2.78 bits per heavy atom. The van der Waals surface area contributed by atoms with Gasteiger partial charge in [0.05, 0.1) is 12.5 Å². The van der Waals surface area contributed by atoms with E-state index < -0.39 is 0 Å². The van der Waals surface area contributed by atoms with Crippen LogP contribution in [0.2, 0.25) is 0 Å². The van der Waals surface area contributed by atoms with E-state index in [0.29, 0.717) is 18.6 Å². The predicted octanol–water partition coefficient (Wildman–Crippen LogP) is 1.26. The minimum Gasteiger partial charge on any atom is -0.383 e. The van der Waals surface area contributed by atoms with Gasteiger partial charge in [-0.3, -0.25) is 4.79 Å². The van der Waals surface area contributed by atoms with Gasteiger partial charge < -0.3 is 15.0 Å². The normalized spacial score (nSPS) is 25.8. The van der Waals surface area contributed by atoms with Crippen molar-refractivity contribution in [1.82, 2.24) is 10.2 Å². The Hall–Kier alpha value is -0.610. The number of nitrogens with one attached hydrogen (secondary N) is 1. The largest absolute Gasteiger partial charge is 0.383 e. The number of carbonyl (C=O) groups is 1. The maximum absolute atomic E-state index is 12.6. The first kappa shape index (κ1) is 13.8. The molecule has 1 aliphatic heterocycles. The molecule has 1 unspecified atom stereocenters. The molecule has 0 aromatic rings. The van der Waals surface area contributed by atoms with Crippen molar-refractivity contribution in [2.75, 3.05) is 33.4 Å². The van der Waals surface area contributed by atoms with Crippen molar-refractivity contribution >= 4 is 5.91 Å². The molecule has 1 N–H and O–H groups in total. The molecule has 2 aliphatic rings. The summed E-state index contributed by atoms with van der Waals surface area (Å²) in [4.78, 5) is 14.7. The van der Waals surface area contributed by atoms with Gasteiger partial charge in [-0.15, -0.1) is 0 Å². The van der Waals surface area contributed by atoms with Gasteiger partial charge in [0.2, 0.25) is 5.91 Å². The fourth-order valence-electron chi connectivity index (χ4n) is 2.83. The van der Waals surface area contributed by atoms with Gasteiger partial charge in [-0.25, -0.2) is 0 Å². The second kappa shape index (κ2) is 6.53. The number of rotatable bonds is 6. The number of ether oxygens (including phenoxy) is 1. The predicted molar refractivity (Wildman–Crippen MR) is 71.4 cm³/mol. The Balaban J connectivity index is 1.94. The van der Waals surface area contributed by atoms with Crippen LogP contribution >= 0.6 is 0 Å². The third-order valence-corrected chi connectivity index (χ3v) is 4.26. The number of piperidine rings is 1. The summed E-state index contributed by atoms with van der Waals surface area (Å²) in [5, 5.41) is 3.33. The summed E-state index contributed by atoms with van der Waals surface area (Å²) in [7, 11) is 1.70. The standard InChI is InChI=1S/C14H26N2O2/c1-11(12-5-6-12)16(8-9-18-2)14(17)13-4-3-7-15-10-13/h11-13,15H,3-10H2,1-2H3/t11?,13-/m1/s1. The Bertz CT molecular complexity index is 273. The molecular weight excluding hydrogens is 228 g/mol. The number of methoxy groups -OCH3 is 1. The summed E-state index contributed by atoms with van der Waals surface area (Å²) in [5.41, 5.74) is 0. The topological polar surface area (TPSA) is 41.6 Å². The average molecular weight is 254 g/mol. The first-order valence-corrected chi connectivity index (χ1v) is 7.24. The van der Waals surface area contributed by atoms with E-state index in [-0.39, 0.29) is 5.92 Å². The van der Waals surface area contributed by atoms with Gasteiger partial charge in [0.25, 0.3) is 0 Å². The van der Waals surface area contributed by atoms with E-state index in [2.05, 4.69) is 17.1 Å². The Morgan fingerprint density at radius 1 is 1.44 bits per heavy atom. The summed E-state index contributed by atoms with van der Waals surface area (Å²) >= 11 is 0. The molecule has 4 heteroatoms. The van der Waals surface area contributed by atoms with Crippen molar-refractivity contribution in [3.63, 3.8) is 0 Å². The number of hydrogen-bond acceptors (Lipinski definition) is 3. The van der Waals surface area contributed by atoms with Gasteiger partial charge in [0.15, 0.2) is 0 Å². The average Bonchev–Trinajstić information content (AvgIpc) is 3.24. The van der Waals surface area contributed by atoms with Crippen molar-refractivity contribution in [2.45, 2.75) is 38.6 Å². The van der Waals surface area contributed by atoms with Crippen LogP contribution in [0.5, 0.6) is 0 Å². The Labute approximate surface area is 110 Å². The molecule has 0 bridgehead atoms. The van der Waals surface area contributed by atoms with Gasteiger partial charge >= 0.3 is 0 Å². The maximum atomic E-state index is 12.6. The monoisotopic (exact) mass is 254 g/mol. The first-order chi connectivity index (χ1) is 8.74. The highest BCUT2D eigenvalue weighted by molar-refractivity contribution is 5.79. The summed E-state index contributed by atoms with van der Waals surface area (Å²) in [5.74, 6) is 1.23. The van der Waals surface area contributed by atoms with Gasteiger partial charge in [0, 0.05) is 26.2 Å². The molecule has 2 atom stereocenters. The molecule has 0 aromatic carbocycles. The molecule has 2 rings (SSSR count). The zero-order valence-electron chi connectivity index (χ0n) is 11.7. The van der Waals surface area contributed by atoms with E-state index in [1.807, 2.05) is 0 Å². The zero-order chi connectivity index (χ0) is 13.0. The Kier molecular flexibility index (Phi) is 5.01. The smallest absolute Gasteiger partial charge is 0.227 e. The van der Waals surface area contributed by atoms with Gasteiger partial charge in [-0.2, -0.15) is 0 Å². The molecule has 2 fully saturated rings. The summed E-state index contributed by atoms with van der Waals surface area (Å²) < 4.78 is 5.15. The molecule has 18 heavy (non-hydrogen) atoms. The molecule has 0 radical (unpaired) electrons. The minimum atomic E-state index is 0.178. The highest BCUT2D eigenvalue weighted by atomic mass is 16.5. The third kappa shape index (κ3) is 3.45. The lowest BCUT2D eigenvalue weighted by atomic mass is 9.97. The molecule has 1 heterocycles. The molecule has 104 valence electrons. The highest BCUT2D eigenvalue weighted by Crippen LogP contribution is 2.35. The van der Waals surface area contributed by atoms with Crippen LogP contribution in [0.1, 0.15) is 32.6 Å². The van der Waals surface area contributed by atoms with E-state index in [1.54, 1.807) is 7.11 Å². The fourth-order valence-corrected chi connectivity index (χ4v) is 2.83. The van der Waals surface area contributed by atoms with Crippen LogP contribution in [-0.2, 0) is 9.53 Å². The van der Waals surface area contributed by atoms with Crippen LogP contribution in [0, 0.1) is 11.8 Å². The van der Waals surface area contributed by atoms with Gasteiger partial charge in [0.1, 0.15) is 0 Å². The summed E-state index contributed by atoms with van der Waals surface area (Å²) in [6.45, 7) is 5.48. The molecule has 1 aliphatic carbocycles. The lowest BCUT2D eigenvalue weighted by Crippen LogP contribution is -2.48. The van der Waals surface area contributed by atoms with Crippen LogP contribution in [0.3, 0.4) is 0 Å². The molecule has 1 saturated heterocycles. The third-order valence-electron chi connectivity index (χ3n) is 4.26. The van der Waals surface area contributed by atoms with E-state index in [0.717, 1.165) is 38.4 Å². The van der Waals surface area contributed by atoms with Crippen molar-refractivity contribution in [3.8, 4) is 0 Å². The summed E-state index contributed by atoms with van der Waals surface area (Å²) in [6.07, 6.45) is 4.71. The van der Waals surface area contributed by atoms with Crippen LogP contribution in [0.4, 0.5) is 0 Å². The van der Waals surface area contributed by atoms with Crippen LogP contribution in [0.15, 0.2) is 0 Å². The van der Waals surface area contributed by atoms with Crippen LogP contribution in [0.25, 0.3) is 0 Å². The number of hydrogen-bond donors (Lipinski definition) is 1. The molecule has 1 amide bonds. The van der Waals surface area contributed by atoms with Gasteiger partial charge in [-0.05, 0) is 45.1 Å². The second-order valence-corrected chi connectivity index (χ2v) is 5.65. The maximum Gasteiger partial charge on any atom is 0.227 e. The second-order valence-electron chi connectivity index (χ2n) is 5.65. The van der Waals surface area contributed by atoms with E-state index in [4.69, 9.17) is 4.74 Å². The number of nitrogens with zero attached hydrogens (tertiary/aromatic N) is 1. The van der Waals surface area contributed by atoms with Gasteiger partial charge in [-0.1, -0.05) is 0 Å². The van der Waals surface area contributed by atoms with Crippen molar-refractivity contribution < 1.29 is 9.53 Å². The Morgan fingerprint density at radius 2 is 2.22 bits per heavy atom. The molecule has 0 spiro atoms. The molecule has 4 nitrogen and oxygen atoms in total. The van der Waals surface area contributed by atoms with Crippen molar-refractivity contribution in [1.29, 1.82) is 0 Å².